The Balaban J connectivity index is 1.09. The van der Waals surface area contributed by atoms with Crippen molar-refractivity contribution >= 4 is 23.9 Å². The molecule has 2 aliphatic carbocycles. The molecule has 4 aromatic carbocycles. The van der Waals surface area contributed by atoms with Crippen molar-refractivity contribution in [2.75, 3.05) is 27.2 Å². The summed E-state index contributed by atoms with van der Waals surface area (Å²) in [6.07, 6.45) is 6.07. The van der Waals surface area contributed by atoms with E-state index in [0.717, 1.165) is 50.9 Å². The first-order valence-corrected chi connectivity index (χ1v) is 20.3. The van der Waals surface area contributed by atoms with Crippen molar-refractivity contribution in [1.82, 2.24) is 9.80 Å². The third kappa shape index (κ3) is 7.83. The summed E-state index contributed by atoms with van der Waals surface area (Å²) in [7, 11) is 4.19. The zero-order valence-electron chi connectivity index (χ0n) is 33.0. The highest BCUT2D eigenvalue weighted by atomic mass is 16.6. The van der Waals surface area contributed by atoms with Crippen molar-refractivity contribution in [2.24, 2.45) is 11.8 Å². The van der Waals surface area contributed by atoms with Crippen LogP contribution in [0.1, 0.15) is 60.8 Å². The number of carbonyl (C=O) groups is 4. The maximum Gasteiger partial charge on any atom is 0.360 e. The summed E-state index contributed by atoms with van der Waals surface area (Å²) in [4.78, 5) is 62.0. The summed E-state index contributed by atoms with van der Waals surface area (Å²) in [6.45, 7) is 1.90. The molecule has 0 amide bonds. The first-order chi connectivity index (χ1) is 28.1. The molecule has 4 aromatic rings. The van der Waals surface area contributed by atoms with Crippen LogP contribution in [0.2, 0.25) is 0 Å². The van der Waals surface area contributed by atoms with E-state index in [-0.39, 0.29) is 12.2 Å². The molecule has 2 heterocycles. The number of likely N-dealkylation sites (tertiary alicyclic amines) is 2. The normalized spacial score (nSPS) is 24.6. The largest absolute Gasteiger partial charge is 0.459 e. The average Bonchev–Trinajstić information content (AvgIpc) is 3.67. The Hall–Kier alpha value is -5.58. The van der Waals surface area contributed by atoms with Crippen LogP contribution in [0, 0.1) is 11.8 Å². The standard InChI is InChI=1S/C48H50N2O8/c1-49-31-33-25-39(49)29-41(27-33)55-45(53)47(35-15-7-3-8-16-35,36-17-9-4-10-18-36)57-43(51)23-24-44(52)58-48(37-19-11-5-12-20-37,38-21-13-6-14-22-38)46(54)56-42-28-34-26-40(30-42)50(2)32-34/h3-24,33-34,39-42H,25-32H2,1-2H3/b24-23+. The zero-order valence-corrected chi connectivity index (χ0v) is 33.0. The minimum Gasteiger partial charge on any atom is -0.459 e. The summed E-state index contributed by atoms with van der Waals surface area (Å²) in [5.41, 5.74) is -2.42. The molecule has 6 atom stereocenters. The molecule has 0 spiro atoms. The highest BCUT2D eigenvalue weighted by Crippen LogP contribution is 2.42. The van der Waals surface area contributed by atoms with Gasteiger partial charge >= 0.3 is 23.9 Å². The topological polar surface area (TPSA) is 112 Å². The van der Waals surface area contributed by atoms with Gasteiger partial charge in [-0.15, -0.1) is 0 Å². The van der Waals surface area contributed by atoms with Gasteiger partial charge in [-0.05, 0) is 64.5 Å². The summed E-state index contributed by atoms with van der Waals surface area (Å²) in [6, 6.07) is 35.7. The number of hydrogen-bond acceptors (Lipinski definition) is 10. The maximum absolute atomic E-state index is 14.6. The second kappa shape index (κ2) is 16.7. The fourth-order valence-electron chi connectivity index (χ4n) is 9.81. The van der Waals surface area contributed by atoms with Crippen molar-refractivity contribution in [2.45, 2.75) is 74.0 Å². The Kier molecular flexibility index (Phi) is 11.3. The Morgan fingerprint density at radius 1 is 0.483 bits per heavy atom. The van der Waals surface area contributed by atoms with Crippen LogP contribution in [0.15, 0.2) is 133 Å². The lowest BCUT2D eigenvalue weighted by atomic mass is 9.85. The quantitative estimate of drug-likeness (QED) is 0.0890. The predicted molar refractivity (Wildman–Crippen MR) is 216 cm³/mol. The molecule has 4 fully saturated rings. The predicted octanol–water partition coefficient (Wildman–Crippen LogP) is 6.57. The van der Waals surface area contributed by atoms with Crippen molar-refractivity contribution in [3.05, 3.63) is 156 Å². The van der Waals surface area contributed by atoms with E-state index in [9.17, 15) is 19.2 Å². The van der Waals surface area contributed by atoms with Crippen molar-refractivity contribution < 1.29 is 38.1 Å². The molecule has 0 radical (unpaired) electrons. The molecule has 6 unspecified atom stereocenters. The van der Waals surface area contributed by atoms with Gasteiger partial charge in [0.15, 0.2) is 0 Å². The minimum absolute atomic E-state index is 0.312. The second-order valence-electron chi connectivity index (χ2n) is 16.4. The number of esters is 4. The van der Waals surface area contributed by atoms with E-state index >= 15 is 0 Å². The van der Waals surface area contributed by atoms with Crippen LogP contribution in [0.4, 0.5) is 0 Å². The molecule has 2 aliphatic heterocycles. The van der Waals surface area contributed by atoms with Crippen molar-refractivity contribution in [3.63, 3.8) is 0 Å². The van der Waals surface area contributed by atoms with Crippen LogP contribution in [-0.4, -0.2) is 85.2 Å². The van der Waals surface area contributed by atoms with Crippen LogP contribution < -0.4 is 0 Å². The molecule has 4 bridgehead atoms. The minimum atomic E-state index is -1.99. The molecule has 8 rings (SSSR count). The Bertz CT molecular complexity index is 1880. The van der Waals surface area contributed by atoms with E-state index in [0.29, 0.717) is 59.0 Å². The first-order valence-electron chi connectivity index (χ1n) is 20.3. The fourth-order valence-corrected chi connectivity index (χ4v) is 9.81. The SMILES string of the molecule is CN1CC2CC(OC(=O)C(OC(=O)/C=C/C(=O)OC(C(=O)OC3CC4CC(C3)N(C)C4)(c3ccccc3)c3ccccc3)(c3ccccc3)c3ccccc3)CC1C2. The number of rotatable bonds is 12. The van der Waals surface area contributed by atoms with E-state index in [1.54, 1.807) is 97.1 Å². The summed E-state index contributed by atoms with van der Waals surface area (Å²) >= 11 is 0. The van der Waals surface area contributed by atoms with Gasteiger partial charge < -0.3 is 28.7 Å². The van der Waals surface area contributed by atoms with Gasteiger partial charge in [0, 0.05) is 59.6 Å². The molecular weight excluding hydrogens is 733 g/mol. The molecule has 2 saturated heterocycles. The van der Waals surface area contributed by atoms with Crippen LogP contribution >= 0.6 is 0 Å². The van der Waals surface area contributed by atoms with Gasteiger partial charge in [0.1, 0.15) is 12.2 Å². The van der Waals surface area contributed by atoms with E-state index in [1.807, 2.05) is 24.3 Å². The third-order valence-corrected chi connectivity index (χ3v) is 12.5. The van der Waals surface area contributed by atoms with Gasteiger partial charge in [0.25, 0.3) is 11.2 Å². The third-order valence-electron chi connectivity index (χ3n) is 12.5. The monoisotopic (exact) mass is 782 g/mol. The summed E-state index contributed by atoms with van der Waals surface area (Å²) in [5, 5.41) is 0. The maximum atomic E-state index is 14.6. The van der Waals surface area contributed by atoms with Crippen LogP contribution in [-0.2, 0) is 49.3 Å². The van der Waals surface area contributed by atoms with Crippen molar-refractivity contribution in [1.29, 1.82) is 0 Å². The number of benzene rings is 4. The van der Waals surface area contributed by atoms with Gasteiger partial charge in [0.2, 0.25) is 0 Å². The van der Waals surface area contributed by atoms with Crippen LogP contribution in [0.25, 0.3) is 0 Å². The molecule has 0 N–H and O–H groups in total. The van der Waals surface area contributed by atoms with Crippen LogP contribution in [0.5, 0.6) is 0 Å². The van der Waals surface area contributed by atoms with Gasteiger partial charge in [0.05, 0.1) is 0 Å². The molecule has 4 aliphatic rings. The Morgan fingerprint density at radius 3 is 1.09 bits per heavy atom. The molecular formula is C48H50N2O8. The molecule has 58 heavy (non-hydrogen) atoms. The van der Waals surface area contributed by atoms with Gasteiger partial charge in [-0.2, -0.15) is 0 Å². The number of ether oxygens (including phenoxy) is 4. The highest BCUT2D eigenvalue weighted by molar-refractivity contribution is 5.97. The smallest absolute Gasteiger partial charge is 0.360 e. The molecule has 300 valence electrons. The number of fused-ring (bicyclic) bond motifs is 4. The summed E-state index contributed by atoms with van der Waals surface area (Å²) in [5.74, 6) is -2.59. The van der Waals surface area contributed by atoms with Gasteiger partial charge in [-0.3, -0.25) is 0 Å². The lowest BCUT2D eigenvalue weighted by molar-refractivity contribution is -0.182. The number of nitrogens with zero attached hydrogens (tertiary/aromatic N) is 2. The second-order valence-corrected chi connectivity index (χ2v) is 16.4. The van der Waals surface area contributed by atoms with Gasteiger partial charge in [-0.25, -0.2) is 19.2 Å². The van der Waals surface area contributed by atoms with E-state index in [2.05, 4.69) is 23.9 Å². The lowest BCUT2D eigenvalue weighted by Gasteiger charge is -2.35. The first kappa shape index (κ1) is 39.3. The zero-order chi connectivity index (χ0) is 40.3. The van der Waals surface area contributed by atoms with E-state index < -0.39 is 35.1 Å². The average molecular weight is 783 g/mol. The molecule has 10 nitrogen and oxygen atoms in total. The van der Waals surface area contributed by atoms with E-state index in [1.165, 1.54) is 0 Å². The number of hydrogen-bond donors (Lipinski definition) is 0. The van der Waals surface area contributed by atoms with Crippen molar-refractivity contribution in [3.8, 4) is 0 Å². The fraction of sp³-hybridized carbons (Fsp3) is 0.375. The van der Waals surface area contributed by atoms with Crippen LogP contribution in [0.3, 0.4) is 0 Å². The highest BCUT2D eigenvalue weighted by Gasteiger charge is 2.52. The molecule has 10 heteroatoms. The molecule has 2 saturated carbocycles. The Labute approximate surface area is 339 Å². The van der Waals surface area contributed by atoms with Gasteiger partial charge in [-0.1, -0.05) is 121 Å². The summed E-state index contributed by atoms with van der Waals surface area (Å²) < 4.78 is 25.0. The number of carbonyl (C=O) groups excluding carboxylic acids is 4. The molecule has 0 aromatic heterocycles. The van der Waals surface area contributed by atoms with E-state index in [4.69, 9.17) is 18.9 Å². The Morgan fingerprint density at radius 2 is 0.793 bits per heavy atom. The lowest BCUT2D eigenvalue weighted by Crippen LogP contribution is -2.45.